The number of halogens is 1. The van der Waals surface area contributed by atoms with Crippen molar-refractivity contribution < 1.29 is 18.1 Å². The fourth-order valence-electron chi connectivity index (χ4n) is 3.06. The Labute approximate surface area is 178 Å². The number of carbonyl (C=O) groups excluding carboxylic acids is 1. The van der Waals surface area contributed by atoms with Crippen molar-refractivity contribution in [1.29, 1.82) is 0 Å². The highest BCUT2D eigenvalue weighted by atomic mass is 35.5. The van der Waals surface area contributed by atoms with Gasteiger partial charge in [0.05, 0.1) is 16.0 Å². The van der Waals surface area contributed by atoms with Gasteiger partial charge in [-0.25, -0.2) is 13.8 Å². The van der Waals surface area contributed by atoms with Crippen molar-refractivity contribution in [2.24, 2.45) is 11.0 Å². The highest BCUT2D eigenvalue weighted by molar-refractivity contribution is 7.89. The zero-order chi connectivity index (χ0) is 21.7. The molecule has 2 aromatic rings. The van der Waals surface area contributed by atoms with E-state index >= 15 is 0 Å². The van der Waals surface area contributed by atoms with Crippen molar-refractivity contribution in [2.75, 3.05) is 13.1 Å². The van der Waals surface area contributed by atoms with Gasteiger partial charge < -0.3 is 0 Å². The van der Waals surface area contributed by atoms with Gasteiger partial charge in [-0.15, -0.1) is 0 Å². The van der Waals surface area contributed by atoms with E-state index in [9.17, 15) is 23.3 Å². The number of amides is 1. The summed E-state index contributed by atoms with van der Waals surface area (Å²) in [7, 11) is -3.63. The third kappa shape index (κ3) is 5.21. The summed E-state index contributed by atoms with van der Waals surface area (Å²) in [5, 5.41) is 15.0. The smallest absolute Gasteiger partial charge is 0.269 e. The molecule has 9 nitrogen and oxygen atoms in total. The average Bonchev–Trinajstić information content (AvgIpc) is 2.74. The van der Waals surface area contributed by atoms with Gasteiger partial charge in [-0.2, -0.15) is 9.41 Å². The quantitative estimate of drug-likeness (QED) is 0.412. The summed E-state index contributed by atoms with van der Waals surface area (Å²) < 4.78 is 26.7. The van der Waals surface area contributed by atoms with Crippen LogP contribution < -0.4 is 5.43 Å². The molecule has 158 valence electrons. The number of benzene rings is 2. The normalized spacial score (nSPS) is 15.9. The molecule has 1 heterocycles. The number of non-ortho nitro benzene ring substituents is 1. The molecule has 0 aliphatic carbocycles. The number of rotatable bonds is 6. The lowest BCUT2D eigenvalue weighted by Gasteiger charge is -2.30. The van der Waals surface area contributed by atoms with Crippen LogP contribution in [-0.2, 0) is 14.8 Å². The number of nitro benzene ring substituents is 1. The maximum absolute atomic E-state index is 12.7. The van der Waals surface area contributed by atoms with Crippen LogP contribution in [0.25, 0.3) is 0 Å². The molecule has 3 rings (SSSR count). The molecule has 30 heavy (non-hydrogen) atoms. The second-order valence-electron chi connectivity index (χ2n) is 6.72. The summed E-state index contributed by atoms with van der Waals surface area (Å²) in [5.74, 6) is -0.646. The Kier molecular flexibility index (Phi) is 6.80. The van der Waals surface area contributed by atoms with Crippen LogP contribution in [-0.4, -0.2) is 42.9 Å². The molecule has 0 spiro atoms. The minimum atomic E-state index is -3.63. The topological polar surface area (TPSA) is 122 Å². The molecular weight excluding hydrogens is 432 g/mol. The first-order chi connectivity index (χ1) is 14.3. The van der Waals surface area contributed by atoms with Crippen molar-refractivity contribution in [1.82, 2.24) is 9.73 Å². The molecule has 11 heteroatoms. The molecule has 0 saturated carbocycles. The van der Waals surface area contributed by atoms with Crippen LogP contribution in [0.3, 0.4) is 0 Å². The summed E-state index contributed by atoms with van der Waals surface area (Å²) in [6.45, 7) is 0.463. The Hall–Kier alpha value is -2.82. The predicted molar refractivity (Wildman–Crippen MR) is 112 cm³/mol. The van der Waals surface area contributed by atoms with E-state index in [-0.39, 0.29) is 35.5 Å². The maximum Gasteiger partial charge on any atom is 0.269 e. The van der Waals surface area contributed by atoms with Crippen LogP contribution in [0.2, 0.25) is 5.02 Å². The Balaban J connectivity index is 1.52. The zero-order valence-electron chi connectivity index (χ0n) is 15.8. The molecule has 0 bridgehead atoms. The zero-order valence-corrected chi connectivity index (χ0v) is 17.3. The number of sulfonamides is 1. The number of hydrogen-bond acceptors (Lipinski definition) is 6. The summed E-state index contributed by atoms with van der Waals surface area (Å²) in [6, 6.07) is 11.7. The number of carbonyl (C=O) groups is 1. The molecule has 0 radical (unpaired) electrons. The van der Waals surface area contributed by atoms with Gasteiger partial charge >= 0.3 is 0 Å². The van der Waals surface area contributed by atoms with Gasteiger partial charge in [0.15, 0.2) is 0 Å². The molecule has 1 aliphatic rings. The molecule has 1 saturated heterocycles. The highest BCUT2D eigenvalue weighted by Crippen LogP contribution is 2.24. The van der Waals surface area contributed by atoms with Crippen LogP contribution in [0, 0.1) is 16.0 Å². The predicted octanol–water partition coefficient (Wildman–Crippen LogP) is 2.80. The molecule has 0 unspecified atom stereocenters. The molecular formula is C19H19ClN4O5S. The first kappa shape index (κ1) is 21.9. The third-order valence-electron chi connectivity index (χ3n) is 4.77. The van der Waals surface area contributed by atoms with E-state index in [0.29, 0.717) is 23.4 Å². The van der Waals surface area contributed by atoms with E-state index < -0.39 is 14.9 Å². The maximum atomic E-state index is 12.7. The second kappa shape index (κ2) is 9.33. The molecule has 0 aromatic heterocycles. The van der Waals surface area contributed by atoms with Gasteiger partial charge in [0, 0.05) is 36.2 Å². The summed E-state index contributed by atoms with van der Waals surface area (Å²) in [4.78, 5) is 22.6. The number of nitrogens with one attached hydrogen (secondary N) is 1. The Morgan fingerprint density at radius 3 is 2.30 bits per heavy atom. The fraction of sp³-hybridized carbons (Fsp3) is 0.263. The van der Waals surface area contributed by atoms with Crippen LogP contribution in [0.15, 0.2) is 58.5 Å². The second-order valence-corrected chi connectivity index (χ2v) is 9.09. The van der Waals surface area contributed by atoms with Gasteiger partial charge in [0.25, 0.3) is 5.69 Å². The molecule has 1 aliphatic heterocycles. The van der Waals surface area contributed by atoms with E-state index in [4.69, 9.17) is 11.6 Å². The Morgan fingerprint density at radius 2 is 1.73 bits per heavy atom. The van der Waals surface area contributed by atoms with E-state index in [1.54, 1.807) is 0 Å². The lowest BCUT2D eigenvalue weighted by atomic mass is 9.98. The van der Waals surface area contributed by atoms with Crippen LogP contribution in [0.4, 0.5) is 5.69 Å². The average molecular weight is 451 g/mol. The molecule has 1 amide bonds. The van der Waals surface area contributed by atoms with Crippen LogP contribution >= 0.6 is 11.6 Å². The summed E-state index contributed by atoms with van der Waals surface area (Å²) >= 11 is 5.81. The fourth-order valence-corrected chi connectivity index (χ4v) is 4.65. The monoisotopic (exact) mass is 450 g/mol. The Morgan fingerprint density at radius 1 is 1.13 bits per heavy atom. The van der Waals surface area contributed by atoms with E-state index in [1.807, 2.05) is 0 Å². The first-order valence-corrected chi connectivity index (χ1v) is 10.9. The lowest BCUT2D eigenvalue weighted by molar-refractivity contribution is -0.384. The summed E-state index contributed by atoms with van der Waals surface area (Å²) in [5.41, 5.74) is 3.01. The molecule has 2 aromatic carbocycles. The minimum absolute atomic E-state index is 0.0310. The van der Waals surface area contributed by atoms with Gasteiger partial charge in [0.1, 0.15) is 0 Å². The highest BCUT2D eigenvalue weighted by Gasteiger charge is 2.32. The van der Waals surface area contributed by atoms with E-state index in [1.165, 1.54) is 59.1 Å². The molecule has 1 fully saturated rings. The van der Waals surface area contributed by atoms with Gasteiger partial charge in [0.2, 0.25) is 15.9 Å². The third-order valence-corrected chi connectivity index (χ3v) is 6.93. The van der Waals surface area contributed by atoms with Crippen LogP contribution in [0.5, 0.6) is 0 Å². The van der Waals surface area contributed by atoms with Gasteiger partial charge in [-0.1, -0.05) is 11.6 Å². The largest absolute Gasteiger partial charge is 0.273 e. The lowest BCUT2D eigenvalue weighted by Crippen LogP contribution is -2.42. The van der Waals surface area contributed by atoms with E-state index in [0.717, 1.165) is 0 Å². The SMILES string of the molecule is O=C(N/N=C\c1ccc([N+](=O)[O-])cc1)C1CCN(S(=O)(=O)c2ccc(Cl)cc2)CC1. The van der Waals surface area contributed by atoms with E-state index in [2.05, 4.69) is 10.5 Å². The van der Waals surface area contributed by atoms with Crippen molar-refractivity contribution in [3.05, 3.63) is 69.2 Å². The van der Waals surface area contributed by atoms with Gasteiger partial charge in [-0.05, 0) is 54.8 Å². The molecule has 1 N–H and O–H groups in total. The first-order valence-electron chi connectivity index (χ1n) is 9.10. The van der Waals surface area contributed by atoms with Crippen molar-refractivity contribution in [3.8, 4) is 0 Å². The number of piperidine rings is 1. The van der Waals surface area contributed by atoms with Crippen molar-refractivity contribution >= 4 is 39.4 Å². The van der Waals surface area contributed by atoms with Crippen molar-refractivity contribution in [2.45, 2.75) is 17.7 Å². The summed E-state index contributed by atoms with van der Waals surface area (Å²) in [6.07, 6.45) is 2.15. The van der Waals surface area contributed by atoms with Crippen molar-refractivity contribution in [3.63, 3.8) is 0 Å². The number of nitrogens with zero attached hydrogens (tertiary/aromatic N) is 3. The number of nitro groups is 1. The Bertz CT molecular complexity index is 1050. The van der Waals surface area contributed by atoms with Gasteiger partial charge in [-0.3, -0.25) is 14.9 Å². The standard InChI is InChI=1S/C19H19ClN4O5S/c20-16-3-7-18(8-4-16)30(28,29)23-11-9-15(10-12-23)19(25)22-21-13-14-1-5-17(6-2-14)24(26)27/h1-8,13,15H,9-12H2,(H,22,25)/b21-13-. The number of hydrazone groups is 1. The van der Waals surface area contributed by atoms with Crippen LogP contribution in [0.1, 0.15) is 18.4 Å². The minimum Gasteiger partial charge on any atom is -0.273 e. The number of hydrogen-bond donors (Lipinski definition) is 1. The molecule has 0 atom stereocenters.